The predicted molar refractivity (Wildman–Crippen MR) is 98.5 cm³/mol. The lowest BCUT2D eigenvalue weighted by molar-refractivity contribution is 0.432. The quantitative estimate of drug-likeness (QED) is 0.563. The number of aromatic amines is 1. The van der Waals surface area contributed by atoms with Gasteiger partial charge in [0.05, 0.1) is 0 Å². The van der Waals surface area contributed by atoms with Crippen molar-refractivity contribution in [1.29, 1.82) is 0 Å². The Morgan fingerprint density at radius 2 is 1.96 bits per heavy atom. The highest BCUT2D eigenvalue weighted by atomic mass is 16.5. The Morgan fingerprint density at radius 3 is 2.84 bits per heavy atom. The minimum absolute atomic E-state index is 0.576. The minimum Gasteiger partial charge on any atom is -0.358 e. The summed E-state index contributed by atoms with van der Waals surface area (Å²) in [5.74, 6) is 1.22. The van der Waals surface area contributed by atoms with E-state index < -0.39 is 0 Å². The molecule has 2 aromatic carbocycles. The van der Waals surface area contributed by atoms with Gasteiger partial charge in [0.2, 0.25) is 5.82 Å². The van der Waals surface area contributed by atoms with Crippen LogP contribution in [0.3, 0.4) is 0 Å². The number of nitrogens with one attached hydrogen (secondary N) is 1. The lowest BCUT2D eigenvalue weighted by Crippen LogP contribution is -1.86. The van der Waals surface area contributed by atoms with Gasteiger partial charge in [-0.1, -0.05) is 22.9 Å². The third-order valence-electron chi connectivity index (χ3n) is 5.14. The molecule has 4 aromatic rings. The molecule has 2 heterocycles. The first-order chi connectivity index (χ1) is 12.2. The molecule has 1 aliphatic carbocycles. The number of benzene rings is 2. The van der Waals surface area contributed by atoms with Crippen LogP contribution in [0.1, 0.15) is 28.8 Å². The molecule has 0 unspecified atom stereocenters. The van der Waals surface area contributed by atoms with Crippen molar-refractivity contribution in [2.24, 2.45) is 0 Å². The lowest BCUT2D eigenvalue weighted by atomic mass is 10.1. The van der Waals surface area contributed by atoms with Gasteiger partial charge in [-0.25, -0.2) is 0 Å². The molecule has 1 aliphatic rings. The van der Waals surface area contributed by atoms with E-state index in [9.17, 15) is 0 Å². The van der Waals surface area contributed by atoms with Crippen LogP contribution < -0.4 is 0 Å². The molecule has 0 radical (unpaired) electrons. The number of aromatic nitrogens is 3. The fraction of sp³-hybridized carbons (Fsp3) is 0.238. The van der Waals surface area contributed by atoms with Gasteiger partial charge in [0.1, 0.15) is 0 Å². The van der Waals surface area contributed by atoms with Crippen LogP contribution in [-0.2, 0) is 12.8 Å². The molecule has 0 saturated heterocycles. The van der Waals surface area contributed by atoms with E-state index in [1.807, 2.05) is 6.07 Å². The van der Waals surface area contributed by atoms with Gasteiger partial charge < -0.3 is 9.51 Å². The molecule has 0 fully saturated rings. The van der Waals surface area contributed by atoms with E-state index in [1.54, 1.807) is 0 Å². The van der Waals surface area contributed by atoms with Crippen LogP contribution in [-0.4, -0.2) is 15.1 Å². The molecule has 2 aromatic heterocycles. The Hall–Kier alpha value is -2.88. The maximum atomic E-state index is 5.54. The lowest BCUT2D eigenvalue weighted by Gasteiger charge is -2.01. The monoisotopic (exact) mass is 329 g/mol. The van der Waals surface area contributed by atoms with E-state index in [4.69, 9.17) is 4.52 Å². The molecule has 0 spiro atoms. The summed E-state index contributed by atoms with van der Waals surface area (Å²) < 4.78 is 5.54. The molecule has 25 heavy (non-hydrogen) atoms. The van der Waals surface area contributed by atoms with E-state index in [1.165, 1.54) is 34.1 Å². The zero-order valence-corrected chi connectivity index (χ0v) is 14.4. The zero-order valence-electron chi connectivity index (χ0n) is 14.4. The van der Waals surface area contributed by atoms with Crippen LogP contribution in [0, 0.1) is 13.8 Å². The number of nitrogens with zero attached hydrogens (tertiary/aromatic N) is 2. The molecule has 1 N–H and O–H groups in total. The van der Waals surface area contributed by atoms with Crippen molar-refractivity contribution >= 4 is 10.9 Å². The fourth-order valence-corrected chi connectivity index (χ4v) is 3.89. The van der Waals surface area contributed by atoms with Gasteiger partial charge in [-0.2, -0.15) is 4.98 Å². The first-order valence-corrected chi connectivity index (χ1v) is 8.74. The summed E-state index contributed by atoms with van der Waals surface area (Å²) in [7, 11) is 0. The van der Waals surface area contributed by atoms with Gasteiger partial charge in [0.25, 0.3) is 5.89 Å². The van der Waals surface area contributed by atoms with E-state index >= 15 is 0 Å². The number of rotatable bonds is 2. The van der Waals surface area contributed by atoms with Crippen LogP contribution in [0.5, 0.6) is 0 Å². The van der Waals surface area contributed by atoms with Crippen molar-refractivity contribution in [1.82, 2.24) is 15.1 Å². The number of hydrogen-bond acceptors (Lipinski definition) is 3. The number of aryl methyl sites for hydroxylation is 4. The molecule has 0 amide bonds. The average Bonchev–Trinajstić information content (AvgIpc) is 3.30. The summed E-state index contributed by atoms with van der Waals surface area (Å²) in [6.07, 6.45) is 3.54. The number of H-pyrrole nitrogens is 1. The summed E-state index contributed by atoms with van der Waals surface area (Å²) in [5, 5.41) is 5.51. The first-order valence-electron chi connectivity index (χ1n) is 8.74. The van der Waals surface area contributed by atoms with Crippen molar-refractivity contribution in [2.75, 3.05) is 0 Å². The van der Waals surface area contributed by atoms with Gasteiger partial charge in [-0.3, -0.25) is 0 Å². The van der Waals surface area contributed by atoms with Crippen molar-refractivity contribution in [3.8, 4) is 22.8 Å². The third kappa shape index (κ3) is 2.29. The highest BCUT2D eigenvalue weighted by Gasteiger charge is 2.18. The van der Waals surface area contributed by atoms with Crippen LogP contribution in [0.15, 0.2) is 40.9 Å². The van der Waals surface area contributed by atoms with E-state index in [0.29, 0.717) is 11.7 Å². The second-order valence-corrected chi connectivity index (χ2v) is 6.94. The van der Waals surface area contributed by atoms with Gasteiger partial charge in [-0.05, 0) is 68.5 Å². The zero-order chi connectivity index (χ0) is 17.0. The largest absolute Gasteiger partial charge is 0.358 e. The topological polar surface area (TPSA) is 54.7 Å². The normalized spacial score (nSPS) is 13.5. The third-order valence-corrected chi connectivity index (χ3v) is 5.14. The maximum absolute atomic E-state index is 5.54. The van der Waals surface area contributed by atoms with Gasteiger partial charge in [0.15, 0.2) is 0 Å². The van der Waals surface area contributed by atoms with Crippen molar-refractivity contribution < 1.29 is 4.52 Å². The fourth-order valence-electron chi connectivity index (χ4n) is 3.89. The average molecular weight is 329 g/mol. The summed E-state index contributed by atoms with van der Waals surface area (Å²) in [4.78, 5) is 8.17. The highest BCUT2D eigenvalue weighted by Crippen LogP contribution is 2.33. The van der Waals surface area contributed by atoms with Crippen LogP contribution in [0.25, 0.3) is 33.7 Å². The molecule has 5 rings (SSSR count). The Kier molecular flexibility index (Phi) is 3.07. The second-order valence-electron chi connectivity index (χ2n) is 6.94. The van der Waals surface area contributed by atoms with Gasteiger partial charge in [0, 0.05) is 27.7 Å². The summed E-state index contributed by atoms with van der Waals surface area (Å²) in [6, 6.07) is 12.6. The standard InChI is InChI=1S/C21H19N3O/c1-12-6-8-15(13(2)10-12)21-23-20(24-25-21)14-7-9-19-17(11-14)16-4-3-5-18(16)22-19/h6-11,22H,3-5H2,1-2H3. The molecular formula is C21H19N3O. The van der Waals surface area contributed by atoms with Crippen LogP contribution in [0.2, 0.25) is 0 Å². The molecular weight excluding hydrogens is 310 g/mol. The maximum Gasteiger partial charge on any atom is 0.258 e. The van der Waals surface area contributed by atoms with Crippen LogP contribution >= 0.6 is 0 Å². The Balaban J connectivity index is 1.58. The van der Waals surface area contributed by atoms with Crippen molar-refractivity contribution in [3.05, 3.63) is 58.8 Å². The van der Waals surface area contributed by atoms with E-state index in [2.05, 4.69) is 59.3 Å². The molecule has 0 bridgehead atoms. The Morgan fingerprint density at radius 1 is 1.04 bits per heavy atom. The van der Waals surface area contributed by atoms with Gasteiger partial charge in [-0.15, -0.1) is 0 Å². The molecule has 4 heteroatoms. The summed E-state index contributed by atoms with van der Waals surface area (Å²) >= 11 is 0. The number of fused-ring (bicyclic) bond motifs is 3. The van der Waals surface area contributed by atoms with Gasteiger partial charge >= 0.3 is 0 Å². The molecule has 0 aliphatic heterocycles. The summed E-state index contributed by atoms with van der Waals surface area (Å²) in [5.41, 5.74) is 8.41. The molecule has 0 atom stereocenters. The smallest absolute Gasteiger partial charge is 0.258 e. The molecule has 124 valence electrons. The first kappa shape index (κ1) is 14.5. The highest BCUT2D eigenvalue weighted by molar-refractivity contribution is 5.88. The Bertz CT molecular complexity index is 1100. The minimum atomic E-state index is 0.576. The summed E-state index contributed by atoms with van der Waals surface area (Å²) in [6.45, 7) is 4.15. The number of hydrogen-bond donors (Lipinski definition) is 1. The predicted octanol–water partition coefficient (Wildman–Crippen LogP) is 4.99. The van der Waals surface area contributed by atoms with Crippen molar-refractivity contribution in [2.45, 2.75) is 33.1 Å². The van der Waals surface area contributed by atoms with Crippen LogP contribution in [0.4, 0.5) is 0 Å². The van der Waals surface area contributed by atoms with E-state index in [-0.39, 0.29) is 0 Å². The van der Waals surface area contributed by atoms with Crippen molar-refractivity contribution in [3.63, 3.8) is 0 Å². The van der Waals surface area contributed by atoms with E-state index in [0.717, 1.165) is 29.5 Å². The second kappa shape index (κ2) is 5.31. The molecule has 4 nitrogen and oxygen atoms in total. The SMILES string of the molecule is Cc1ccc(-c2nc(-c3ccc4[nH]c5c(c4c3)CCC5)no2)c(C)c1. The molecule has 0 saturated carbocycles. The Labute approximate surface area is 145 Å².